The van der Waals surface area contributed by atoms with E-state index in [1.54, 1.807) is 24.1 Å². The number of benzene rings is 1. The average molecular weight is 326 g/mol. The van der Waals surface area contributed by atoms with E-state index < -0.39 is 20.8 Å². The van der Waals surface area contributed by atoms with Crippen molar-refractivity contribution in [2.24, 2.45) is 5.73 Å². The first-order valence-electron chi connectivity index (χ1n) is 5.39. The molecule has 3 N–H and O–H groups in total. The van der Waals surface area contributed by atoms with Crippen LogP contribution in [0.15, 0.2) is 28.0 Å². The molecule has 0 aromatic heterocycles. The molecule has 1 unspecified atom stereocenters. The van der Waals surface area contributed by atoms with Gasteiger partial charge in [0.25, 0.3) is 0 Å². The zero-order valence-corrected chi connectivity index (χ0v) is 12.8. The van der Waals surface area contributed by atoms with Gasteiger partial charge in [0.15, 0.2) is 0 Å². The van der Waals surface area contributed by atoms with Crippen molar-refractivity contribution in [2.45, 2.75) is 9.79 Å². The summed E-state index contributed by atoms with van der Waals surface area (Å²) in [5, 5.41) is 0. The molecule has 1 aliphatic heterocycles. The highest BCUT2D eigenvalue weighted by molar-refractivity contribution is 7.91. The van der Waals surface area contributed by atoms with E-state index in [-0.39, 0.29) is 30.4 Å². The third kappa shape index (κ3) is 3.09. The second-order valence-electron chi connectivity index (χ2n) is 3.96. The highest BCUT2D eigenvalue weighted by Gasteiger charge is 2.30. The Labute approximate surface area is 121 Å². The summed E-state index contributed by atoms with van der Waals surface area (Å²) in [5.41, 5.74) is 5.98. The second-order valence-corrected chi connectivity index (χ2v) is 7.06. The summed E-state index contributed by atoms with van der Waals surface area (Å²) < 4.78 is 38.5. The number of nitrogens with two attached hydrogens (primary N) is 1. The van der Waals surface area contributed by atoms with Crippen LogP contribution < -0.4 is 15.4 Å². The molecule has 2 rings (SSSR count). The van der Waals surface area contributed by atoms with Crippen LogP contribution in [0.1, 0.15) is 0 Å². The van der Waals surface area contributed by atoms with E-state index in [1.165, 1.54) is 6.07 Å². The normalized spacial score (nSPS) is 18.0. The molecular formula is C10H16ClN3O3S2. The number of hydrogen-bond acceptors (Lipinski definition) is 5. The first-order chi connectivity index (χ1) is 8.47. The SMILES string of the molecule is CN1CS(=O)c2c1cccc2S(=O)(=O)NCCN.Cl. The van der Waals surface area contributed by atoms with Crippen LogP contribution in [0.25, 0.3) is 0 Å². The van der Waals surface area contributed by atoms with Gasteiger partial charge in [-0.1, -0.05) is 6.07 Å². The van der Waals surface area contributed by atoms with Crippen LogP contribution in [0.2, 0.25) is 0 Å². The lowest BCUT2D eigenvalue weighted by molar-refractivity contribution is 0.579. The van der Waals surface area contributed by atoms with Gasteiger partial charge < -0.3 is 10.6 Å². The van der Waals surface area contributed by atoms with Crippen LogP contribution in [0.5, 0.6) is 0 Å². The maximum Gasteiger partial charge on any atom is 0.241 e. The molecule has 108 valence electrons. The summed E-state index contributed by atoms with van der Waals surface area (Å²) in [6.45, 7) is 0.381. The third-order valence-electron chi connectivity index (χ3n) is 2.63. The van der Waals surface area contributed by atoms with Crippen molar-refractivity contribution < 1.29 is 12.6 Å². The summed E-state index contributed by atoms with van der Waals surface area (Å²) in [6, 6.07) is 4.88. The fourth-order valence-electron chi connectivity index (χ4n) is 1.83. The van der Waals surface area contributed by atoms with E-state index in [4.69, 9.17) is 5.73 Å². The second kappa shape index (κ2) is 6.19. The molecule has 0 bridgehead atoms. The van der Waals surface area contributed by atoms with Crippen LogP contribution in [-0.2, 0) is 20.8 Å². The highest BCUT2D eigenvalue weighted by Crippen LogP contribution is 2.35. The number of anilines is 1. The molecule has 1 aromatic carbocycles. The van der Waals surface area contributed by atoms with Crippen molar-refractivity contribution in [1.82, 2.24) is 4.72 Å². The summed E-state index contributed by atoms with van der Waals surface area (Å²) in [6.07, 6.45) is 0. The number of nitrogens with one attached hydrogen (secondary N) is 1. The monoisotopic (exact) mass is 325 g/mol. The molecule has 1 heterocycles. The van der Waals surface area contributed by atoms with Gasteiger partial charge in [-0.3, -0.25) is 4.21 Å². The quantitative estimate of drug-likeness (QED) is 0.804. The molecule has 0 radical (unpaired) electrons. The molecule has 6 nitrogen and oxygen atoms in total. The van der Waals surface area contributed by atoms with E-state index in [0.29, 0.717) is 16.5 Å². The molecule has 1 aliphatic rings. The predicted molar refractivity (Wildman–Crippen MR) is 77.6 cm³/mol. The fourth-order valence-corrected chi connectivity index (χ4v) is 4.95. The first-order valence-corrected chi connectivity index (χ1v) is 8.20. The van der Waals surface area contributed by atoms with Gasteiger partial charge in [0.05, 0.1) is 27.3 Å². The Balaban J connectivity index is 0.00000180. The number of halogens is 1. The van der Waals surface area contributed by atoms with Gasteiger partial charge in [-0.05, 0) is 12.1 Å². The fraction of sp³-hybridized carbons (Fsp3) is 0.400. The Morgan fingerprint density at radius 1 is 1.47 bits per heavy atom. The van der Waals surface area contributed by atoms with Crippen molar-refractivity contribution in [3.63, 3.8) is 0 Å². The number of fused-ring (bicyclic) bond motifs is 1. The Kier molecular flexibility index (Phi) is 5.34. The lowest BCUT2D eigenvalue weighted by Crippen LogP contribution is -2.29. The Morgan fingerprint density at radius 2 is 2.16 bits per heavy atom. The van der Waals surface area contributed by atoms with E-state index in [9.17, 15) is 12.6 Å². The largest absolute Gasteiger partial charge is 0.361 e. The van der Waals surface area contributed by atoms with Crippen LogP contribution in [0.3, 0.4) is 0 Å². The standard InChI is InChI=1S/C10H15N3O3S2.ClH/c1-13-7-17(14)10-8(13)3-2-4-9(10)18(15,16)12-6-5-11;/h2-4,12H,5-7,11H2,1H3;1H. The van der Waals surface area contributed by atoms with E-state index >= 15 is 0 Å². The van der Waals surface area contributed by atoms with Gasteiger partial charge >= 0.3 is 0 Å². The van der Waals surface area contributed by atoms with Gasteiger partial charge in [0.1, 0.15) is 4.90 Å². The van der Waals surface area contributed by atoms with Gasteiger partial charge in [-0.2, -0.15) is 0 Å². The Bertz CT molecular complexity index is 592. The average Bonchev–Trinajstić information content (AvgIpc) is 2.63. The van der Waals surface area contributed by atoms with Crippen LogP contribution in [0, 0.1) is 0 Å². The molecule has 0 amide bonds. The Morgan fingerprint density at radius 3 is 2.79 bits per heavy atom. The number of hydrogen-bond donors (Lipinski definition) is 2. The number of rotatable bonds is 4. The first kappa shape index (κ1) is 16.4. The molecule has 0 saturated carbocycles. The summed E-state index contributed by atoms with van der Waals surface area (Å²) >= 11 is 0. The third-order valence-corrected chi connectivity index (χ3v) is 5.77. The van der Waals surface area contributed by atoms with Crippen molar-refractivity contribution in [3.8, 4) is 0 Å². The molecule has 1 atom stereocenters. The number of sulfonamides is 1. The van der Waals surface area contributed by atoms with E-state index in [2.05, 4.69) is 4.72 Å². The van der Waals surface area contributed by atoms with Crippen LogP contribution in [0.4, 0.5) is 5.69 Å². The van der Waals surface area contributed by atoms with Crippen LogP contribution in [-0.4, -0.2) is 38.6 Å². The van der Waals surface area contributed by atoms with E-state index in [1.807, 2.05) is 0 Å². The molecule has 0 saturated heterocycles. The zero-order chi connectivity index (χ0) is 13.3. The molecule has 19 heavy (non-hydrogen) atoms. The highest BCUT2D eigenvalue weighted by atomic mass is 35.5. The van der Waals surface area contributed by atoms with Crippen molar-refractivity contribution in [1.29, 1.82) is 0 Å². The molecule has 0 spiro atoms. The minimum absolute atomic E-state index is 0. The predicted octanol–water partition coefficient (Wildman–Crippen LogP) is -0.140. The molecule has 1 aromatic rings. The topological polar surface area (TPSA) is 92.5 Å². The van der Waals surface area contributed by atoms with Crippen molar-refractivity contribution in [3.05, 3.63) is 18.2 Å². The van der Waals surface area contributed by atoms with Crippen LogP contribution >= 0.6 is 12.4 Å². The lowest BCUT2D eigenvalue weighted by atomic mass is 10.3. The van der Waals surface area contributed by atoms with E-state index in [0.717, 1.165) is 0 Å². The smallest absolute Gasteiger partial charge is 0.241 e. The minimum atomic E-state index is -3.65. The van der Waals surface area contributed by atoms with Crippen molar-refractivity contribution >= 4 is 38.9 Å². The van der Waals surface area contributed by atoms with Gasteiger partial charge in [0, 0.05) is 20.1 Å². The lowest BCUT2D eigenvalue weighted by Gasteiger charge is -2.11. The summed E-state index contributed by atoms with van der Waals surface area (Å²) in [4.78, 5) is 2.24. The van der Waals surface area contributed by atoms with Gasteiger partial charge in [-0.25, -0.2) is 13.1 Å². The molecule has 0 aliphatic carbocycles. The molecular weight excluding hydrogens is 310 g/mol. The molecule has 9 heteroatoms. The maximum absolute atomic E-state index is 12.1. The zero-order valence-electron chi connectivity index (χ0n) is 10.3. The maximum atomic E-state index is 12.1. The minimum Gasteiger partial charge on any atom is -0.361 e. The summed E-state index contributed by atoms with van der Waals surface area (Å²) in [7, 11) is -3.18. The summed E-state index contributed by atoms with van der Waals surface area (Å²) in [5.74, 6) is 0.318. The van der Waals surface area contributed by atoms with Gasteiger partial charge in [-0.15, -0.1) is 12.4 Å². The van der Waals surface area contributed by atoms with Gasteiger partial charge in [0.2, 0.25) is 10.0 Å². The van der Waals surface area contributed by atoms with Crippen molar-refractivity contribution in [2.75, 3.05) is 30.9 Å². The number of nitrogens with zero attached hydrogens (tertiary/aromatic N) is 1. The molecule has 0 fully saturated rings. The Hall–Kier alpha value is -0.670.